The van der Waals surface area contributed by atoms with Crippen molar-refractivity contribution in [2.75, 3.05) is 11.6 Å². The number of amides is 1. The number of para-hydroxylation sites is 1. The molecule has 0 heterocycles. The van der Waals surface area contributed by atoms with Gasteiger partial charge in [0.2, 0.25) is 0 Å². The first-order valence-corrected chi connectivity index (χ1v) is 8.91. The van der Waals surface area contributed by atoms with E-state index >= 15 is 0 Å². The highest BCUT2D eigenvalue weighted by Crippen LogP contribution is 2.21. The molecular weight excluding hydrogens is 338 g/mol. The van der Waals surface area contributed by atoms with E-state index in [9.17, 15) is 14.4 Å². The molecule has 2 aromatic carbocycles. The number of carbonyl (C=O) groups is 3. The average Bonchev–Trinajstić information content (AvgIpc) is 2.61. The smallest absolute Gasteiger partial charge is 0.340 e. The molecule has 1 N–H and O–H groups in total. The maximum absolute atomic E-state index is 12.3. The van der Waals surface area contributed by atoms with Crippen LogP contribution in [0.4, 0.5) is 5.69 Å². The zero-order chi connectivity index (χ0) is 18.4. The Morgan fingerprint density at radius 2 is 1.60 bits per heavy atom. The third-order valence-electron chi connectivity index (χ3n) is 3.54. The summed E-state index contributed by atoms with van der Waals surface area (Å²) >= 11 is 1.43. The molecule has 130 valence electrons. The maximum Gasteiger partial charge on any atom is 0.340 e. The fourth-order valence-corrected chi connectivity index (χ4v) is 2.81. The van der Waals surface area contributed by atoms with Gasteiger partial charge in [0.05, 0.1) is 11.3 Å². The molecule has 25 heavy (non-hydrogen) atoms. The quantitative estimate of drug-likeness (QED) is 0.484. The van der Waals surface area contributed by atoms with Crippen molar-refractivity contribution in [1.29, 1.82) is 0 Å². The van der Waals surface area contributed by atoms with Gasteiger partial charge in [-0.05, 0) is 44.4 Å². The molecule has 0 bridgehead atoms. The van der Waals surface area contributed by atoms with Gasteiger partial charge in [0, 0.05) is 10.5 Å². The Bertz CT molecular complexity index is 804. The standard InChI is InChI=1S/C19H19NO4S/c1-12(21)14-8-4-6-10-16(14)20-18(22)13(2)24-19(23)15-9-5-7-11-17(15)25-3/h4-11,13H,1-3H3,(H,20,22)/t13-/m0/s1. The van der Waals surface area contributed by atoms with E-state index in [-0.39, 0.29) is 5.78 Å². The van der Waals surface area contributed by atoms with Gasteiger partial charge < -0.3 is 10.1 Å². The molecule has 1 amide bonds. The second-order valence-corrected chi connectivity index (χ2v) is 6.19. The first-order chi connectivity index (χ1) is 11.9. The minimum Gasteiger partial charge on any atom is -0.449 e. The molecule has 0 unspecified atom stereocenters. The number of rotatable bonds is 6. The van der Waals surface area contributed by atoms with Crippen LogP contribution in [0.1, 0.15) is 34.6 Å². The maximum atomic E-state index is 12.3. The van der Waals surface area contributed by atoms with Crippen LogP contribution in [-0.4, -0.2) is 30.0 Å². The van der Waals surface area contributed by atoms with E-state index in [0.717, 1.165) is 4.90 Å². The van der Waals surface area contributed by atoms with Crippen molar-refractivity contribution in [3.63, 3.8) is 0 Å². The summed E-state index contributed by atoms with van der Waals surface area (Å²) in [6.07, 6.45) is 0.864. The first kappa shape index (κ1) is 18.7. The third kappa shape index (κ3) is 4.70. The lowest BCUT2D eigenvalue weighted by molar-refractivity contribution is -0.123. The topological polar surface area (TPSA) is 72.5 Å². The third-order valence-corrected chi connectivity index (χ3v) is 4.34. The predicted octanol–water partition coefficient (Wildman–Crippen LogP) is 3.80. The second-order valence-electron chi connectivity index (χ2n) is 5.34. The number of thioether (sulfide) groups is 1. The van der Waals surface area contributed by atoms with Crippen LogP contribution in [0.25, 0.3) is 0 Å². The van der Waals surface area contributed by atoms with Gasteiger partial charge in [0.25, 0.3) is 5.91 Å². The molecule has 0 radical (unpaired) electrons. The van der Waals surface area contributed by atoms with Gasteiger partial charge in [-0.1, -0.05) is 24.3 Å². The summed E-state index contributed by atoms with van der Waals surface area (Å²) in [6, 6.07) is 13.7. The number of nitrogens with one attached hydrogen (secondary N) is 1. The molecule has 2 rings (SSSR count). The molecule has 1 atom stereocenters. The number of ether oxygens (including phenoxy) is 1. The van der Waals surface area contributed by atoms with Gasteiger partial charge in [0.1, 0.15) is 0 Å². The molecule has 0 fully saturated rings. The summed E-state index contributed by atoms with van der Waals surface area (Å²) in [5, 5.41) is 2.63. The molecule has 0 spiro atoms. The van der Waals surface area contributed by atoms with Crippen LogP contribution in [0.15, 0.2) is 53.4 Å². The zero-order valence-corrected chi connectivity index (χ0v) is 15.1. The van der Waals surface area contributed by atoms with Crippen molar-refractivity contribution in [2.45, 2.75) is 24.8 Å². The largest absolute Gasteiger partial charge is 0.449 e. The molecule has 0 aliphatic carbocycles. The number of esters is 1. The lowest BCUT2D eigenvalue weighted by Gasteiger charge is -2.15. The van der Waals surface area contributed by atoms with Crippen molar-refractivity contribution in [3.8, 4) is 0 Å². The van der Waals surface area contributed by atoms with E-state index in [4.69, 9.17) is 4.74 Å². The number of carbonyl (C=O) groups excluding carboxylic acids is 3. The van der Waals surface area contributed by atoms with Gasteiger partial charge in [0.15, 0.2) is 11.9 Å². The number of ketones is 1. The highest BCUT2D eigenvalue weighted by atomic mass is 32.2. The van der Waals surface area contributed by atoms with E-state index in [2.05, 4.69) is 5.32 Å². The van der Waals surface area contributed by atoms with Gasteiger partial charge in [-0.3, -0.25) is 9.59 Å². The SMILES string of the molecule is CSc1ccccc1C(=O)O[C@@H](C)C(=O)Nc1ccccc1C(C)=O. The Balaban J connectivity index is 2.08. The van der Waals surface area contributed by atoms with E-state index in [1.807, 2.05) is 18.4 Å². The highest BCUT2D eigenvalue weighted by Gasteiger charge is 2.21. The predicted molar refractivity (Wildman–Crippen MR) is 98.2 cm³/mol. The average molecular weight is 357 g/mol. The molecule has 0 saturated heterocycles. The lowest BCUT2D eigenvalue weighted by atomic mass is 10.1. The fourth-order valence-electron chi connectivity index (χ4n) is 2.22. The number of benzene rings is 2. The number of Topliss-reactive ketones (excluding diaryl/α,β-unsaturated/α-hetero) is 1. The van der Waals surface area contributed by atoms with Crippen LogP contribution in [0.2, 0.25) is 0 Å². The van der Waals surface area contributed by atoms with Crippen LogP contribution in [0, 0.1) is 0 Å². The van der Waals surface area contributed by atoms with Crippen LogP contribution in [-0.2, 0) is 9.53 Å². The summed E-state index contributed by atoms with van der Waals surface area (Å²) in [7, 11) is 0. The summed E-state index contributed by atoms with van der Waals surface area (Å²) in [6.45, 7) is 2.92. The van der Waals surface area contributed by atoms with Crippen LogP contribution < -0.4 is 5.32 Å². The molecule has 0 aromatic heterocycles. The van der Waals surface area contributed by atoms with Crippen molar-refractivity contribution in [1.82, 2.24) is 0 Å². The van der Waals surface area contributed by atoms with Crippen LogP contribution in [0.5, 0.6) is 0 Å². The Morgan fingerprint density at radius 3 is 2.24 bits per heavy atom. The van der Waals surface area contributed by atoms with E-state index in [1.165, 1.54) is 25.6 Å². The number of anilines is 1. The fraction of sp³-hybridized carbons (Fsp3) is 0.211. The molecule has 2 aromatic rings. The van der Waals surface area contributed by atoms with E-state index in [0.29, 0.717) is 16.8 Å². The molecule has 6 heteroatoms. The van der Waals surface area contributed by atoms with Gasteiger partial charge in [-0.25, -0.2) is 4.79 Å². The Kier molecular flexibility index (Phi) is 6.36. The Hall–Kier alpha value is -2.60. The summed E-state index contributed by atoms with van der Waals surface area (Å²) in [5.41, 5.74) is 1.22. The van der Waals surface area contributed by atoms with Crippen LogP contribution >= 0.6 is 11.8 Å². The molecular formula is C19H19NO4S. The summed E-state index contributed by atoms with van der Waals surface area (Å²) < 4.78 is 5.26. The number of hydrogen-bond donors (Lipinski definition) is 1. The first-order valence-electron chi connectivity index (χ1n) is 7.69. The normalized spacial score (nSPS) is 11.5. The van der Waals surface area contributed by atoms with Gasteiger partial charge >= 0.3 is 5.97 Å². The van der Waals surface area contributed by atoms with Crippen molar-refractivity contribution >= 4 is 35.1 Å². The zero-order valence-electron chi connectivity index (χ0n) is 14.2. The van der Waals surface area contributed by atoms with Crippen LogP contribution in [0.3, 0.4) is 0 Å². The van der Waals surface area contributed by atoms with Crippen molar-refractivity contribution in [3.05, 3.63) is 59.7 Å². The van der Waals surface area contributed by atoms with Gasteiger partial charge in [-0.2, -0.15) is 0 Å². The number of hydrogen-bond acceptors (Lipinski definition) is 5. The molecule has 5 nitrogen and oxygen atoms in total. The Morgan fingerprint density at radius 1 is 1.00 bits per heavy atom. The van der Waals surface area contributed by atoms with E-state index < -0.39 is 18.0 Å². The summed E-state index contributed by atoms with van der Waals surface area (Å²) in [4.78, 5) is 37.0. The second kappa shape index (κ2) is 8.48. The lowest BCUT2D eigenvalue weighted by Crippen LogP contribution is -2.30. The summed E-state index contributed by atoms with van der Waals surface area (Å²) in [5.74, 6) is -1.22. The minimum absolute atomic E-state index is 0.158. The monoisotopic (exact) mass is 357 g/mol. The molecule has 0 saturated carbocycles. The molecule has 0 aliphatic rings. The van der Waals surface area contributed by atoms with Gasteiger partial charge in [-0.15, -0.1) is 11.8 Å². The minimum atomic E-state index is -0.998. The Labute approximate surface area is 150 Å². The van der Waals surface area contributed by atoms with E-state index in [1.54, 1.807) is 36.4 Å². The molecule has 0 aliphatic heterocycles. The van der Waals surface area contributed by atoms with Crippen molar-refractivity contribution < 1.29 is 19.1 Å². The highest BCUT2D eigenvalue weighted by molar-refractivity contribution is 7.98. The van der Waals surface area contributed by atoms with Crippen molar-refractivity contribution in [2.24, 2.45) is 0 Å².